The van der Waals surface area contributed by atoms with Gasteiger partial charge < -0.3 is 4.42 Å². The van der Waals surface area contributed by atoms with Crippen molar-refractivity contribution in [3.05, 3.63) is 46.1 Å². The molecule has 0 aliphatic carbocycles. The molecule has 0 saturated carbocycles. The SMILES string of the molecule is Cc1cc(Br)c(C)c(-c2ccco2)c1. The Labute approximate surface area is 91.9 Å². The van der Waals surface area contributed by atoms with Gasteiger partial charge in [0.05, 0.1) is 6.26 Å². The molecule has 72 valence electrons. The standard InChI is InChI=1S/C12H11BrO/c1-8-6-10(9(2)11(13)7-8)12-4-3-5-14-12/h3-7H,1-2H3. The fourth-order valence-electron chi connectivity index (χ4n) is 1.50. The predicted molar refractivity (Wildman–Crippen MR) is 61.3 cm³/mol. The minimum absolute atomic E-state index is 0.923. The fraction of sp³-hybridized carbons (Fsp3) is 0.167. The van der Waals surface area contributed by atoms with Crippen LogP contribution in [-0.2, 0) is 0 Å². The third-order valence-electron chi connectivity index (χ3n) is 2.28. The highest BCUT2D eigenvalue weighted by Crippen LogP contribution is 2.30. The number of rotatable bonds is 1. The van der Waals surface area contributed by atoms with Gasteiger partial charge in [-0.3, -0.25) is 0 Å². The Morgan fingerprint density at radius 1 is 1.21 bits per heavy atom. The molecular formula is C12H11BrO. The van der Waals surface area contributed by atoms with Crippen molar-refractivity contribution in [3.8, 4) is 11.3 Å². The smallest absolute Gasteiger partial charge is 0.134 e. The van der Waals surface area contributed by atoms with Gasteiger partial charge in [0.25, 0.3) is 0 Å². The fourth-order valence-corrected chi connectivity index (χ4v) is 2.08. The summed E-state index contributed by atoms with van der Waals surface area (Å²) < 4.78 is 6.52. The summed E-state index contributed by atoms with van der Waals surface area (Å²) >= 11 is 3.54. The van der Waals surface area contributed by atoms with E-state index in [1.165, 1.54) is 11.1 Å². The van der Waals surface area contributed by atoms with Gasteiger partial charge in [0.1, 0.15) is 5.76 Å². The summed E-state index contributed by atoms with van der Waals surface area (Å²) in [6, 6.07) is 8.14. The number of benzene rings is 1. The van der Waals surface area contributed by atoms with E-state index >= 15 is 0 Å². The number of aryl methyl sites for hydroxylation is 1. The first-order valence-corrected chi connectivity index (χ1v) is 5.28. The lowest BCUT2D eigenvalue weighted by atomic mass is 10.0. The van der Waals surface area contributed by atoms with Crippen LogP contribution in [0, 0.1) is 13.8 Å². The zero-order chi connectivity index (χ0) is 10.1. The number of halogens is 1. The van der Waals surface area contributed by atoms with Gasteiger partial charge in [0.2, 0.25) is 0 Å². The summed E-state index contributed by atoms with van der Waals surface area (Å²) in [5, 5.41) is 0. The Balaban J connectivity index is 2.64. The van der Waals surface area contributed by atoms with Crippen LogP contribution < -0.4 is 0 Å². The Bertz CT molecular complexity index is 444. The van der Waals surface area contributed by atoms with Crippen molar-refractivity contribution >= 4 is 15.9 Å². The maximum atomic E-state index is 5.39. The zero-order valence-electron chi connectivity index (χ0n) is 8.17. The molecule has 0 spiro atoms. The summed E-state index contributed by atoms with van der Waals surface area (Å²) in [4.78, 5) is 0. The average molecular weight is 251 g/mol. The third kappa shape index (κ3) is 1.62. The van der Waals surface area contributed by atoms with Gasteiger partial charge in [0, 0.05) is 10.0 Å². The van der Waals surface area contributed by atoms with Gasteiger partial charge in [-0.1, -0.05) is 15.9 Å². The van der Waals surface area contributed by atoms with E-state index in [0.717, 1.165) is 15.8 Å². The van der Waals surface area contributed by atoms with E-state index in [2.05, 4.69) is 41.9 Å². The highest BCUT2D eigenvalue weighted by Gasteiger charge is 2.07. The Hall–Kier alpha value is -1.02. The lowest BCUT2D eigenvalue weighted by molar-refractivity contribution is 0.582. The average Bonchev–Trinajstić information content (AvgIpc) is 2.63. The molecule has 0 radical (unpaired) electrons. The van der Waals surface area contributed by atoms with Gasteiger partial charge in [0.15, 0.2) is 0 Å². The lowest BCUT2D eigenvalue weighted by Crippen LogP contribution is -1.85. The first kappa shape index (κ1) is 9.53. The highest BCUT2D eigenvalue weighted by atomic mass is 79.9. The van der Waals surface area contributed by atoms with Crippen LogP contribution >= 0.6 is 15.9 Å². The van der Waals surface area contributed by atoms with E-state index in [1.54, 1.807) is 6.26 Å². The minimum atomic E-state index is 0.923. The van der Waals surface area contributed by atoms with Gasteiger partial charge in [-0.05, 0) is 49.2 Å². The van der Waals surface area contributed by atoms with Gasteiger partial charge in [-0.25, -0.2) is 0 Å². The van der Waals surface area contributed by atoms with Crippen LogP contribution in [-0.4, -0.2) is 0 Å². The third-order valence-corrected chi connectivity index (χ3v) is 3.10. The van der Waals surface area contributed by atoms with E-state index in [0.29, 0.717) is 0 Å². The van der Waals surface area contributed by atoms with E-state index in [1.807, 2.05) is 12.1 Å². The molecule has 1 nitrogen and oxygen atoms in total. The molecule has 0 unspecified atom stereocenters. The Morgan fingerprint density at radius 3 is 2.64 bits per heavy atom. The van der Waals surface area contributed by atoms with E-state index < -0.39 is 0 Å². The molecule has 1 aromatic carbocycles. The van der Waals surface area contributed by atoms with E-state index in [9.17, 15) is 0 Å². The second kappa shape index (κ2) is 3.62. The van der Waals surface area contributed by atoms with Crippen molar-refractivity contribution in [2.45, 2.75) is 13.8 Å². The number of furan rings is 1. The molecule has 0 saturated heterocycles. The van der Waals surface area contributed by atoms with Gasteiger partial charge >= 0.3 is 0 Å². The summed E-state index contributed by atoms with van der Waals surface area (Å²) in [7, 11) is 0. The zero-order valence-corrected chi connectivity index (χ0v) is 9.76. The second-order valence-corrected chi connectivity index (χ2v) is 4.25. The molecule has 0 atom stereocenters. The van der Waals surface area contributed by atoms with Crippen molar-refractivity contribution in [3.63, 3.8) is 0 Å². The maximum absolute atomic E-state index is 5.39. The molecule has 0 N–H and O–H groups in total. The molecule has 2 rings (SSSR count). The Morgan fingerprint density at radius 2 is 2.00 bits per heavy atom. The van der Waals surface area contributed by atoms with Crippen molar-refractivity contribution in [2.75, 3.05) is 0 Å². The first-order valence-electron chi connectivity index (χ1n) is 4.49. The molecule has 0 aliphatic heterocycles. The predicted octanol–water partition coefficient (Wildman–Crippen LogP) is 4.33. The van der Waals surface area contributed by atoms with Crippen molar-refractivity contribution in [1.82, 2.24) is 0 Å². The number of hydrogen-bond acceptors (Lipinski definition) is 1. The minimum Gasteiger partial charge on any atom is -0.464 e. The molecule has 2 aromatic rings. The molecule has 1 heterocycles. The van der Waals surface area contributed by atoms with Crippen LogP contribution in [0.5, 0.6) is 0 Å². The van der Waals surface area contributed by atoms with Crippen molar-refractivity contribution in [2.24, 2.45) is 0 Å². The largest absolute Gasteiger partial charge is 0.464 e. The van der Waals surface area contributed by atoms with Crippen LogP contribution in [0.25, 0.3) is 11.3 Å². The van der Waals surface area contributed by atoms with E-state index in [-0.39, 0.29) is 0 Å². The van der Waals surface area contributed by atoms with Crippen molar-refractivity contribution in [1.29, 1.82) is 0 Å². The van der Waals surface area contributed by atoms with Crippen LogP contribution in [0.4, 0.5) is 0 Å². The lowest BCUT2D eigenvalue weighted by Gasteiger charge is -2.06. The molecule has 14 heavy (non-hydrogen) atoms. The van der Waals surface area contributed by atoms with Crippen LogP contribution in [0.3, 0.4) is 0 Å². The van der Waals surface area contributed by atoms with Crippen LogP contribution in [0.2, 0.25) is 0 Å². The van der Waals surface area contributed by atoms with Crippen LogP contribution in [0.15, 0.2) is 39.4 Å². The summed E-state index contributed by atoms with van der Waals surface area (Å²) in [5.74, 6) is 0.923. The molecular weight excluding hydrogens is 240 g/mol. The summed E-state index contributed by atoms with van der Waals surface area (Å²) in [5.41, 5.74) is 3.60. The summed E-state index contributed by atoms with van der Waals surface area (Å²) in [6.07, 6.45) is 1.70. The molecule has 0 bridgehead atoms. The van der Waals surface area contributed by atoms with Gasteiger partial charge in [-0.2, -0.15) is 0 Å². The second-order valence-electron chi connectivity index (χ2n) is 3.40. The molecule has 0 amide bonds. The molecule has 2 heteroatoms. The quantitative estimate of drug-likeness (QED) is 0.735. The number of hydrogen-bond donors (Lipinski definition) is 0. The first-order chi connectivity index (χ1) is 6.68. The molecule has 0 fully saturated rings. The maximum Gasteiger partial charge on any atom is 0.134 e. The van der Waals surface area contributed by atoms with Gasteiger partial charge in [-0.15, -0.1) is 0 Å². The monoisotopic (exact) mass is 250 g/mol. The van der Waals surface area contributed by atoms with Crippen LogP contribution in [0.1, 0.15) is 11.1 Å². The topological polar surface area (TPSA) is 13.1 Å². The Kier molecular flexibility index (Phi) is 2.46. The highest BCUT2D eigenvalue weighted by molar-refractivity contribution is 9.10. The molecule has 1 aromatic heterocycles. The molecule has 0 aliphatic rings. The summed E-state index contributed by atoms with van der Waals surface area (Å²) in [6.45, 7) is 4.16. The van der Waals surface area contributed by atoms with E-state index in [4.69, 9.17) is 4.42 Å². The normalized spacial score (nSPS) is 10.5. The van der Waals surface area contributed by atoms with Crippen molar-refractivity contribution < 1.29 is 4.42 Å².